The van der Waals surface area contributed by atoms with Gasteiger partial charge in [-0.2, -0.15) is 0 Å². The van der Waals surface area contributed by atoms with E-state index in [0.717, 1.165) is 50.2 Å². The van der Waals surface area contributed by atoms with Crippen LogP contribution in [0.5, 0.6) is 0 Å². The number of amides is 1. The van der Waals surface area contributed by atoms with Crippen molar-refractivity contribution >= 4 is 17.2 Å². The van der Waals surface area contributed by atoms with Gasteiger partial charge in [-0.3, -0.25) is 9.48 Å². The van der Waals surface area contributed by atoms with Gasteiger partial charge in [0.1, 0.15) is 5.69 Å². The van der Waals surface area contributed by atoms with Gasteiger partial charge in [0.25, 0.3) is 5.91 Å². The topological polar surface area (TPSA) is 71.2 Å². The molecule has 2 aromatic heterocycles. The van der Waals surface area contributed by atoms with Crippen LogP contribution in [-0.4, -0.2) is 44.0 Å². The Kier molecular flexibility index (Phi) is 5.36. The van der Waals surface area contributed by atoms with Crippen LogP contribution in [0.15, 0.2) is 12.3 Å². The lowest BCUT2D eigenvalue weighted by Gasteiger charge is -2.32. The molecule has 0 saturated carbocycles. The minimum absolute atomic E-state index is 0.0850. The normalized spacial score (nSPS) is 20.7. The van der Waals surface area contributed by atoms with E-state index >= 15 is 0 Å². The summed E-state index contributed by atoms with van der Waals surface area (Å²) in [5, 5.41) is 17.1. The first-order valence-electron chi connectivity index (χ1n) is 9.63. The van der Waals surface area contributed by atoms with Gasteiger partial charge >= 0.3 is 0 Å². The van der Waals surface area contributed by atoms with Gasteiger partial charge in [-0.05, 0) is 56.1 Å². The highest BCUT2D eigenvalue weighted by molar-refractivity contribution is 7.14. The second-order valence-corrected chi connectivity index (χ2v) is 8.61. The molecular weight excluding hydrogens is 348 g/mol. The highest BCUT2D eigenvalue weighted by atomic mass is 32.1. The maximum atomic E-state index is 13.0. The second-order valence-electron chi connectivity index (χ2n) is 7.47. The summed E-state index contributed by atoms with van der Waals surface area (Å²) < 4.78 is 1.79. The molecule has 6 nitrogen and oxygen atoms in total. The van der Waals surface area contributed by atoms with Crippen LogP contribution in [0.1, 0.15) is 57.9 Å². The van der Waals surface area contributed by atoms with Crippen LogP contribution in [0, 0.1) is 5.92 Å². The first kappa shape index (κ1) is 17.7. The van der Waals surface area contributed by atoms with Gasteiger partial charge in [0.2, 0.25) is 0 Å². The average Bonchev–Trinajstić information content (AvgIpc) is 3.23. The quantitative estimate of drug-likeness (QED) is 0.835. The first-order chi connectivity index (χ1) is 12.7. The largest absolute Gasteiger partial charge is 0.390 e. The third-order valence-electron chi connectivity index (χ3n) is 5.46. The molecule has 1 aliphatic carbocycles. The lowest BCUT2D eigenvalue weighted by atomic mass is 9.98. The van der Waals surface area contributed by atoms with Gasteiger partial charge in [-0.25, -0.2) is 0 Å². The number of thiophene rings is 1. The molecule has 26 heavy (non-hydrogen) atoms. The zero-order valence-electron chi connectivity index (χ0n) is 15.1. The predicted octanol–water partition coefficient (Wildman–Crippen LogP) is 2.65. The van der Waals surface area contributed by atoms with Crippen LogP contribution in [0.4, 0.5) is 0 Å². The molecule has 2 aromatic rings. The first-order valence-corrected chi connectivity index (χ1v) is 10.5. The molecule has 1 amide bonds. The number of aliphatic hydroxyl groups is 1. The molecule has 1 saturated heterocycles. The van der Waals surface area contributed by atoms with Crippen LogP contribution in [0.2, 0.25) is 0 Å². The third kappa shape index (κ3) is 3.83. The molecule has 7 heteroatoms. The Labute approximate surface area is 157 Å². The van der Waals surface area contributed by atoms with Crippen LogP contribution in [0.3, 0.4) is 0 Å². The monoisotopic (exact) mass is 374 g/mol. The molecule has 4 rings (SSSR count). The summed E-state index contributed by atoms with van der Waals surface area (Å²) in [6.07, 6.45) is 9.98. The van der Waals surface area contributed by atoms with E-state index < -0.39 is 0 Å². The summed E-state index contributed by atoms with van der Waals surface area (Å²) in [4.78, 5) is 17.4. The third-order valence-corrected chi connectivity index (χ3v) is 6.68. The molecule has 1 atom stereocenters. The van der Waals surface area contributed by atoms with Gasteiger partial charge in [-0.15, -0.1) is 16.4 Å². The van der Waals surface area contributed by atoms with Gasteiger partial charge in [0, 0.05) is 24.5 Å². The fraction of sp³-hybridized carbons (Fsp3) is 0.632. The van der Waals surface area contributed by atoms with E-state index in [0.29, 0.717) is 11.6 Å². The molecule has 1 aliphatic heterocycles. The lowest BCUT2D eigenvalue weighted by Crippen LogP contribution is -2.40. The lowest BCUT2D eigenvalue weighted by molar-refractivity contribution is 0.0664. The Bertz CT molecular complexity index is 746. The van der Waals surface area contributed by atoms with Crippen molar-refractivity contribution in [1.82, 2.24) is 19.9 Å². The van der Waals surface area contributed by atoms with Gasteiger partial charge in [-0.1, -0.05) is 11.6 Å². The van der Waals surface area contributed by atoms with E-state index in [1.165, 1.54) is 29.7 Å². The standard InChI is InChI=1S/C19H26N4O2S/c24-13-16-12-23(21-20-16)11-14-5-4-8-22(10-14)19(25)18-9-15-6-2-1-3-7-17(15)26-18/h9,12,14,24H,1-8,10-11,13H2/t14-/m1/s1. The summed E-state index contributed by atoms with van der Waals surface area (Å²) in [5.41, 5.74) is 2.00. The van der Waals surface area contributed by atoms with Crippen molar-refractivity contribution < 1.29 is 9.90 Å². The summed E-state index contributed by atoms with van der Waals surface area (Å²) in [7, 11) is 0. The minimum Gasteiger partial charge on any atom is -0.390 e. The number of aryl methyl sites for hydroxylation is 2. The summed E-state index contributed by atoms with van der Waals surface area (Å²) in [6, 6.07) is 2.15. The number of aliphatic hydroxyl groups excluding tert-OH is 1. The Morgan fingerprint density at radius 2 is 2.15 bits per heavy atom. The zero-order chi connectivity index (χ0) is 17.9. The number of fused-ring (bicyclic) bond motifs is 1. The van der Waals surface area contributed by atoms with Crippen molar-refractivity contribution in [3.63, 3.8) is 0 Å². The molecule has 0 aromatic carbocycles. The van der Waals surface area contributed by atoms with Gasteiger partial charge < -0.3 is 10.0 Å². The fourth-order valence-corrected chi connectivity index (χ4v) is 5.31. The Hall–Kier alpha value is -1.73. The molecule has 0 unspecified atom stereocenters. The van der Waals surface area contributed by atoms with Crippen molar-refractivity contribution in [2.45, 2.75) is 58.1 Å². The fourth-order valence-electron chi connectivity index (χ4n) is 4.09. The van der Waals surface area contributed by atoms with Crippen LogP contribution in [-0.2, 0) is 26.0 Å². The second kappa shape index (κ2) is 7.88. The van der Waals surface area contributed by atoms with E-state index in [4.69, 9.17) is 5.11 Å². The number of aromatic nitrogens is 3. The number of nitrogens with zero attached hydrogens (tertiary/aromatic N) is 4. The van der Waals surface area contributed by atoms with Crippen LogP contribution < -0.4 is 0 Å². The van der Waals surface area contributed by atoms with Gasteiger partial charge in [0.15, 0.2) is 0 Å². The molecule has 0 bridgehead atoms. The minimum atomic E-state index is -0.0850. The maximum absolute atomic E-state index is 13.0. The number of rotatable bonds is 4. The number of piperidine rings is 1. The number of hydrogen-bond acceptors (Lipinski definition) is 5. The van der Waals surface area contributed by atoms with Crippen molar-refractivity contribution in [3.05, 3.63) is 33.3 Å². The Morgan fingerprint density at radius 1 is 1.27 bits per heavy atom. The maximum Gasteiger partial charge on any atom is 0.263 e. The number of carbonyl (C=O) groups excluding carboxylic acids is 1. The highest BCUT2D eigenvalue weighted by Crippen LogP contribution is 2.30. The van der Waals surface area contributed by atoms with Crippen molar-refractivity contribution in [1.29, 1.82) is 0 Å². The molecule has 140 valence electrons. The van der Waals surface area contributed by atoms with E-state index in [9.17, 15) is 4.79 Å². The zero-order valence-corrected chi connectivity index (χ0v) is 15.9. The summed E-state index contributed by atoms with van der Waals surface area (Å²) in [5.74, 6) is 0.584. The van der Waals surface area contributed by atoms with E-state index in [1.807, 2.05) is 4.90 Å². The van der Waals surface area contributed by atoms with E-state index in [-0.39, 0.29) is 12.5 Å². The summed E-state index contributed by atoms with van der Waals surface area (Å²) >= 11 is 1.72. The molecule has 1 N–H and O–H groups in total. The van der Waals surface area contributed by atoms with Crippen molar-refractivity contribution in [3.8, 4) is 0 Å². The van der Waals surface area contributed by atoms with Crippen LogP contribution >= 0.6 is 11.3 Å². The Balaban J connectivity index is 1.41. The predicted molar refractivity (Wildman–Crippen MR) is 100 cm³/mol. The molecule has 0 radical (unpaired) electrons. The van der Waals surface area contributed by atoms with Crippen molar-refractivity contribution in [2.75, 3.05) is 13.1 Å². The Morgan fingerprint density at radius 3 is 3.00 bits per heavy atom. The molecular formula is C19H26N4O2S. The van der Waals surface area contributed by atoms with E-state index in [2.05, 4.69) is 16.4 Å². The molecule has 2 aliphatic rings. The highest BCUT2D eigenvalue weighted by Gasteiger charge is 2.27. The molecule has 1 fully saturated rings. The van der Waals surface area contributed by atoms with Gasteiger partial charge in [0.05, 0.1) is 17.7 Å². The average molecular weight is 375 g/mol. The van der Waals surface area contributed by atoms with E-state index in [1.54, 1.807) is 22.2 Å². The number of carbonyl (C=O) groups is 1. The smallest absolute Gasteiger partial charge is 0.263 e. The summed E-state index contributed by atoms with van der Waals surface area (Å²) in [6.45, 7) is 2.28. The SMILES string of the molecule is O=C(c1cc2c(s1)CCCCC2)N1CCC[C@@H](Cn2cc(CO)nn2)C1. The van der Waals surface area contributed by atoms with Crippen molar-refractivity contribution in [2.24, 2.45) is 5.92 Å². The number of likely N-dealkylation sites (tertiary alicyclic amines) is 1. The number of hydrogen-bond donors (Lipinski definition) is 1. The molecule has 0 spiro atoms. The molecule has 3 heterocycles. The van der Waals surface area contributed by atoms with Crippen LogP contribution in [0.25, 0.3) is 0 Å².